The van der Waals surface area contributed by atoms with Crippen molar-refractivity contribution in [3.63, 3.8) is 0 Å². The number of carbonyl (C=O) groups is 1. The summed E-state index contributed by atoms with van der Waals surface area (Å²) in [7, 11) is 3.28. The topological polar surface area (TPSA) is 55.8 Å². The fraction of sp³-hybridized carbons (Fsp3) is 0.571. The molecule has 0 unspecified atom stereocenters. The van der Waals surface area contributed by atoms with Gasteiger partial charge < -0.3 is 14.6 Å². The Morgan fingerprint density at radius 2 is 1.84 bits per heavy atom. The first kappa shape index (κ1) is 19.4. The third kappa shape index (κ3) is 4.56. The van der Waals surface area contributed by atoms with E-state index in [9.17, 15) is 9.90 Å². The van der Waals surface area contributed by atoms with Gasteiger partial charge in [-0.25, -0.2) is 0 Å². The highest BCUT2D eigenvalue weighted by atomic mass is 16.5. The highest BCUT2D eigenvalue weighted by Gasteiger charge is 2.34. The van der Waals surface area contributed by atoms with Crippen molar-refractivity contribution < 1.29 is 19.4 Å². The van der Waals surface area contributed by atoms with Crippen molar-refractivity contribution in [3.05, 3.63) is 34.9 Å². The van der Waals surface area contributed by atoms with Crippen molar-refractivity contribution in [3.8, 4) is 11.5 Å². The quantitative estimate of drug-likeness (QED) is 0.534. The van der Waals surface area contributed by atoms with E-state index in [1.54, 1.807) is 14.2 Å². The van der Waals surface area contributed by atoms with Gasteiger partial charge >= 0.3 is 5.97 Å². The lowest BCUT2D eigenvalue weighted by molar-refractivity contribution is -0.142. The monoisotopic (exact) mass is 346 g/mol. The number of rotatable bonds is 8. The molecule has 4 nitrogen and oxygen atoms in total. The molecule has 1 aromatic carbocycles. The van der Waals surface area contributed by atoms with Gasteiger partial charge in [0.15, 0.2) is 0 Å². The molecule has 0 heterocycles. The van der Waals surface area contributed by atoms with E-state index in [0.29, 0.717) is 6.42 Å². The molecule has 0 fully saturated rings. The zero-order valence-electron chi connectivity index (χ0n) is 15.8. The van der Waals surface area contributed by atoms with Gasteiger partial charge in [0.2, 0.25) is 0 Å². The van der Waals surface area contributed by atoms with E-state index in [-0.39, 0.29) is 5.92 Å². The average molecular weight is 346 g/mol. The number of hydrogen-bond acceptors (Lipinski definition) is 3. The lowest BCUT2D eigenvalue weighted by Crippen LogP contribution is -2.25. The number of benzene rings is 1. The number of aliphatic carboxylic acids is 1. The maximum absolute atomic E-state index is 11.8. The van der Waals surface area contributed by atoms with Crippen LogP contribution in [0.5, 0.6) is 11.5 Å². The van der Waals surface area contributed by atoms with E-state index in [2.05, 4.69) is 19.9 Å². The Kier molecular flexibility index (Phi) is 6.91. The van der Waals surface area contributed by atoms with Crippen LogP contribution in [-0.4, -0.2) is 25.3 Å². The summed E-state index contributed by atoms with van der Waals surface area (Å²) in [5.74, 6) is 0.0317. The number of unbranched alkanes of at least 4 members (excludes halogenated alkanes) is 2. The van der Waals surface area contributed by atoms with Crippen LogP contribution in [0.4, 0.5) is 0 Å². The lowest BCUT2D eigenvalue weighted by Gasteiger charge is -2.29. The van der Waals surface area contributed by atoms with Crippen molar-refractivity contribution in [2.45, 2.75) is 58.3 Å². The fourth-order valence-corrected chi connectivity index (χ4v) is 3.68. The number of methoxy groups -OCH3 is 2. The van der Waals surface area contributed by atoms with Crippen LogP contribution in [0.15, 0.2) is 23.8 Å². The molecule has 1 N–H and O–H groups in total. The second-order valence-corrected chi connectivity index (χ2v) is 6.89. The SMILES string of the molecule is CCCCCc1cc(OC)c([C@H]2C=C(C)CC[C@H]2C(=O)O)c(OC)c1. The third-order valence-electron chi connectivity index (χ3n) is 5.07. The van der Waals surface area contributed by atoms with Gasteiger partial charge in [-0.15, -0.1) is 0 Å². The van der Waals surface area contributed by atoms with Crippen LogP contribution in [-0.2, 0) is 11.2 Å². The molecule has 4 heteroatoms. The molecule has 2 atom stereocenters. The largest absolute Gasteiger partial charge is 0.496 e. The summed E-state index contributed by atoms with van der Waals surface area (Å²) in [5.41, 5.74) is 3.25. The minimum atomic E-state index is -0.759. The van der Waals surface area contributed by atoms with Crippen LogP contribution in [0.2, 0.25) is 0 Å². The van der Waals surface area contributed by atoms with Crippen LogP contribution < -0.4 is 9.47 Å². The molecule has 1 aliphatic carbocycles. The first-order valence-corrected chi connectivity index (χ1v) is 9.16. The smallest absolute Gasteiger partial charge is 0.307 e. The van der Waals surface area contributed by atoms with Crippen LogP contribution in [0, 0.1) is 5.92 Å². The van der Waals surface area contributed by atoms with E-state index in [4.69, 9.17) is 9.47 Å². The molecule has 0 radical (unpaired) electrons. The van der Waals surface area contributed by atoms with E-state index in [1.165, 1.54) is 24.0 Å². The highest BCUT2D eigenvalue weighted by molar-refractivity contribution is 5.73. The number of carboxylic acid groups (broad SMARTS) is 1. The molecule has 0 saturated carbocycles. The first-order valence-electron chi connectivity index (χ1n) is 9.16. The molecule has 0 amide bonds. The van der Waals surface area contributed by atoms with Crippen molar-refractivity contribution in [2.24, 2.45) is 5.92 Å². The fourth-order valence-electron chi connectivity index (χ4n) is 3.68. The number of carboxylic acids is 1. The summed E-state index contributed by atoms with van der Waals surface area (Å²) in [5, 5.41) is 9.67. The van der Waals surface area contributed by atoms with Gasteiger partial charge in [0.25, 0.3) is 0 Å². The third-order valence-corrected chi connectivity index (χ3v) is 5.07. The van der Waals surface area contributed by atoms with Gasteiger partial charge in [0.1, 0.15) is 11.5 Å². The molecule has 0 bridgehead atoms. The summed E-state index contributed by atoms with van der Waals surface area (Å²) in [4.78, 5) is 11.8. The Labute approximate surface area is 150 Å². The van der Waals surface area contributed by atoms with Crippen LogP contribution in [0.25, 0.3) is 0 Å². The van der Waals surface area contributed by atoms with Gasteiger partial charge in [0.05, 0.1) is 20.1 Å². The van der Waals surface area contributed by atoms with Crippen LogP contribution >= 0.6 is 0 Å². The van der Waals surface area contributed by atoms with Gasteiger partial charge in [-0.2, -0.15) is 0 Å². The summed E-state index contributed by atoms with van der Waals surface area (Å²) < 4.78 is 11.3. The van der Waals surface area contributed by atoms with Gasteiger partial charge in [-0.3, -0.25) is 4.79 Å². The zero-order chi connectivity index (χ0) is 18.4. The predicted molar refractivity (Wildman–Crippen MR) is 99.6 cm³/mol. The van der Waals surface area contributed by atoms with E-state index < -0.39 is 11.9 Å². The minimum absolute atomic E-state index is 0.221. The van der Waals surface area contributed by atoms with Crippen molar-refractivity contribution in [1.82, 2.24) is 0 Å². The van der Waals surface area contributed by atoms with E-state index >= 15 is 0 Å². The second-order valence-electron chi connectivity index (χ2n) is 6.89. The minimum Gasteiger partial charge on any atom is -0.496 e. The summed E-state index contributed by atoms with van der Waals surface area (Å²) >= 11 is 0. The average Bonchev–Trinajstić information content (AvgIpc) is 2.60. The molecule has 0 aromatic heterocycles. The Hall–Kier alpha value is -1.97. The molecule has 0 aliphatic heterocycles. The number of allylic oxidation sites excluding steroid dienone is 2. The van der Waals surface area contributed by atoms with Gasteiger partial charge in [-0.05, 0) is 50.3 Å². The molecule has 25 heavy (non-hydrogen) atoms. The molecule has 1 aliphatic rings. The predicted octanol–water partition coefficient (Wildman–Crippen LogP) is 4.96. The van der Waals surface area contributed by atoms with E-state index in [1.807, 2.05) is 12.1 Å². The van der Waals surface area contributed by atoms with Crippen molar-refractivity contribution in [1.29, 1.82) is 0 Å². The van der Waals surface area contributed by atoms with Crippen LogP contribution in [0.1, 0.15) is 63.0 Å². The molecule has 138 valence electrons. The van der Waals surface area contributed by atoms with Crippen LogP contribution in [0.3, 0.4) is 0 Å². The Bertz CT molecular complexity index is 608. The summed E-state index contributed by atoms with van der Waals surface area (Å²) in [6, 6.07) is 4.09. The zero-order valence-corrected chi connectivity index (χ0v) is 15.8. The molecular weight excluding hydrogens is 316 g/mol. The van der Waals surface area contributed by atoms with Crippen molar-refractivity contribution >= 4 is 5.97 Å². The molecular formula is C21H30O4. The second kappa shape index (κ2) is 8.93. The Morgan fingerprint density at radius 3 is 2.36 bits per heavy atom. The summed E-state index contributed by atoms with van der Waals surface area (Å²) in [6.45, 7) is 4.25. The lowest BCUT2D eigenvalue weighted by atomic mass is 9.76. The highest BCUT2D eigenvalue weighted by Crippen LogP contribution is 2.45. The van der Waals surface area contributed by atoms with Gasteiger partial charge in [0, 0.05) is 11.5 Å². The first-order chi connectivity index (χ1) is 12.0. The Morgan fingerprint density at radius 1 is 1.20 bits per heavy atom. The number of aryl methyl sites for hydroxylation is 1. The Balaban J connectivity index is 2.47. The summed E-state index contributed by atoms with van der Waals surface area (Å²) in [6.07, 6.45) is 8.02. The van der Waals surface area contributed by atoms with Crippen molar-refractivity contribution in [2.75, 3.05) is 14.2 Å². The maximum Gasteiger partial charge on any atom is 0.307 e. The molecule has 0 saturated heterocycles. The number of ether oxygens (including phenoxy) is 2. The molecule has 0 spiro atoms. The molecule has 1 aromatic rings. The standard InChI is InChI=1S/C21H30O4/c1-5-6-7-8-15-12-18(24-3)20(19(13-15)25-4)17-11-14(2)9-10-16(17)21(22)23/h11-13,16-17H,5-10H2,1-4H3,(H,22,23)/t16-,17+/m1/s1. The number of hydrogen-bond donors (Lipinski definition) is 1. The maximum atomic E-state index is 11.8. The normalized spacial score (nSPS) is 20.1. The molecule has 2 rings (SSSR count). The van der Waals surface area contributed by atoms with E-state index in [0.717, 1.165) is 36.3 Å². The van der Waals surface area contributed by atoms with Gasteiger partial charge in [-0.1, -0.05) is 31.4 Å².